The Morgan fingerprint density at radius 3 is 1.89 bits per heavy atom. The maximum absolute atomic E-state index is 10.1. The summed E-state index contributed by atoms with van der Waals surface area (Å²) in [4.78, 5) is 0. The molecule has 0 spiro atoms. The predicted molar refractivity (Wildman–Crippen MR) is 241 cm³/mol. The maximum atomic E-state index is 10.1. The number of aromatic nitrogens is 1. The molecule has 2 aliphatic rings. The third-order valence-corrected chi connectivity index (χ3v) is 12.4. The first-order valence-electron chi connectivity index (χ1n) is 25.4. The summed E-state index contributed by atoms with van der Waals surface area (Å²) >= 11 is 0. The van der Waals surface area contributed by atoms with Crippen LogP contribution in [0.2, 0.25) is 0 Å². The monoisotopic (exact) mass is 735 g/mol. The molecule has 0 unspecified atom stereocenters. The Balaban J connectivity index is 1.15. The van der Waals surface area contributed by atoms with E-state index in [1.54, 1.807) is 0 Å². The van der Waals surface area contributed by atoms with Gasteiger partial charge < -0.3 is 4.57 Å². The Hall–Kier alpha value is -6.96. The average molecular weight is 736 g/mol. The van der Waals surface area contributed by atoms with Gasteiger partial charge in [0.1, 0.15) is 0 Å². The molecular formula is C56H37N. The van der Waals surface area contributed by atoms with E-state index in [0.29, 0.717) is 5.56 Å². The molecular weight excluding hydrogens is 687 g/mol. The van der Waals surface area contributed by atoms with Gasteiger partial charge >= 0.3 is 0 Å². The second kappa shape index (κ2) is 11.8. The van der Waals surface area contributed by atoms with Crippen molar-refractivity contribution in [2.24, 2.45) is 0 Å². The lowest BCUT2D eigenvalue weighted by Gasteiger charge is -2.31. The molecule has 266 valence electrons. The number of benzene rings is 10. The molecule has 0 saturated heterocycles. The van der Waals surface area contributed by atoms with E-state index >= 15 is 0 Å². The molecule has 2 aliphatic carbocycles. The van der Waals surface area contributed by atoms with Crippen LogP contribution in [0.5, 0.6) is 0 Å². The molecule has 0 N–H and O–H groups in total. The van der Waals surface area contributed by atoms with E-state index < -0.39 is 66.1 Å². The van der Waals surface area contributed by atoms with E-state index in [-0.39, 0.29) is 39.5 Å². The molecule has 57 heavy (non-hydrogen) atoms. The first kappa shape index (κ1) is 22.0. The van der Waals surface area contributed by atoms with E-state index in [4.69, 9.17) is 11.0 Å². The van der Waals surface area contributed by atoms with Crippen LogP contribution in [0.15, 0.2) is 176 Å². The summed E-state index contributed by atoms with van der Waals surface area (Å²) in [7, 11) is 0. The number of hydrogen-bond acceptors (Lipinski definition) is 0. The number of hydrogen-bond donors (Lipinski definition) is 0. The van der Waals surface area contributed by atoms with Crippen molar-refractivity contribution in [1.82, 2.24) is 4.57 Å². The van der Waals surface area contributed by atoms with Gasteiger partial charge in [0.05, 0.1) is 27.5 Å². The molecule has 1 heteroatoms. The van der Waals surface area contributed by atoms with Crippen LogP contribution in [0, 0.1) is 0 Å². The van der Waals surface area contributed by atoms with Gasteiger partial charge in [-0.2, -0.15) is 0 Å². The second-order valence-electron chi connectivity index (χ2n) is 15.4. The summed E-state index contributed by atoms with van der Waals surface area (Å²) in [6.07, 6.45) is 3.60. The molecule has 0 amide bonds. The van der Waals surface area contributed by atoms with Crippen LogP contribution in [0.25, 0.3) is 104 Å². The first-order valence-corrected chi connectivity index (χ1v) is 19.4. The van der Waals surface area contributed by atoms with Crippen LogP contribution in [0.3, 0.4) is 0 Å². The number of rotatable bonds is 4. The Kier molecular flexibility index (Phi) is 4.53. The zero-order chi connectivity index (χ0) is 47.6. The smallest absolute Gasteiger partial charge is 0.0645 e. The summed E-state index contributed by atoms with van der Waals surface area (Å²) in [5, 5.41) is 6.40. The molecule has 13 rings (SSSR count). The van der Waals surface area contributed by atoms with Gasteiger partial charge in [0.15, 0.2) is 0 Å². The fraction of sp³-hybridized carbons (Fsp3) is 0.0714. The standard InChI is InChI=1S/C56H37N/c1-2-12-44(13-3-1)57-51-15-5-4-14-47(51)50-33-40(24-29-52(50)57)41-30-42(45-25-20-38-18-16-34-8-6-10-36-22-27-48(45)55(38)53(34)36)32-43(31-41)46-26-21-39-19-17-35-9-7-11-37-23-28-49(46)56(39)54(35)37/h1-16,18,20-22,24-27,29-33H,17,19,23,28H2/i1D,2D,3D,4D,5D,12D,13D,14D,15D,24D,29D,33D. The van der Waals surface area contributed by atoms with Crippen LogP contribution in [-0.2, 0) is 25.7 Å². The third kappa shape index (κ3) is 4.51. The van der Waals surface area contributed by atoms with Gasteiger partial charge in [0, 0.05) is 16.5 Å². The normalized spacial score (nSPS) is 16.3. The van der Waals surface area contributed by atoms with Crippen LogP contribution in [-0.4, -0.2) is 4.57 Å². The SMILES string of the molecule is [2H]c1c([2H])c([2H])c(-n2c3c([2H])c([2H])c([2H])c([2H])c3c3c([2H])c(-c4cc(-c5ccc6c7c5CCc5cccc(c5-7)CC6)cc(-c5ccc6ccc7cccc8ccc5c6c78)c4)c([2H])c([2H])c32)c([2H])c1[2H]. The molecule has 0 saturated carbocycles. The molecule has 1 aromatic heterocycles. The maximum Gasteiger partial charge on any atom is 0.0645 e. The van der Waals surface area contributed by atoms with Gasteiger partial charge in [-0.15, -0.1) is 0 Å². The summed E-state index contributed by atoms with van der Waals surface area (Å²) in [6, 6.07) is 29.3. The Labute approximate surface area is 348 Å². The highest BCUT2D eigenvalue weighted by atomic mass is 15.0. The molecule has 0 fully saturated rings. The van der Waals surface area contributed by atoms with Gasteiger partial charge in [0.2, 0.25) is 0 Å². The quantitative estimate of drug-likeness (QED) is 0.159. The number of nitrogens with zero attached hydrogens (tertiary/aromatic N) is 1. The predicted octanol–water partition coefficient (Wildman–Crippen LogP) is 14.5. The van der Waals surface area contributed by atoms with Crippen LogP contribution >= 0.6 is 0 Å². The van der Waals surface area contributed by atoms with Gasteiger partial charge in [-0.3, -0.25) is 0 Å². The highest BCUT2D eigenvalue weighted by Gasteiger charge is 2.28. The van der Waals surface area contributed by atoms with Gasteiger partial charge in [0.25, 0.3) is 0 Å². The molecule has 1 nitrogen and oxygen atoms in total. The van der Waals surface area contributed by atoms with E-state index in [2.05, 4.69) is 91.0 Å². The zero-order valence-corrected chi connectivity index (χ0v) is 30.6. The lowest BCUT2D eigenvalue weighted by molar-refractivity contribution is 0.878. The molecule has 0 atom stereocenters. The molecule has 0 aliphatic heterocycles. The fourth-order valence-corrected chi connectivity index (χ4v) is 9.97. The largest absolute Gasteiger partial charge is 0.309 e. The Morgan fingerprint density at radius 2 is 1.05 bits per heavy atom. The number of para-hydroxylation sites is 2. The highest BCUT2D eigenvalue weighted by Crippen LogP contribution is 2.48. The summed E-state index contributed by atoms with van der Waals surface area (Å²) < 4.78 is 110. The van der Waals surface area contributed by atoms with Gasteiger partial charge in [-0.1, -0.05) is 127 Å². The minimum atomic E-state index is -0.681. The average Bonchev–Trinajstić information content (AvgIpc) is 3.72. The minimum absolute atomic E-state index is 0.0556. The molecule has 11 aromatic rings. The number of aryl methyl sites for hydroxylation is 3. The van der Waals surface area contributed by atoms with Crippen molar-refractivity contribution < 1.29 is 16.4 Å². The summed E-state index contributed by atoms with van der Waals surface area (Å²) in [5.41, 5.74) is 11.0. The fourth-order valence-electron chi connectivity index (χ4n) is 9.97. The molecule has 0 radical (unpaired) electrons. The van der Waals surface area contributed by atoms with Crippen molar-refractivity contribution in [1.29, 1.82) is 0 Å². The van der Waals surface area contributed by atoms with Gasteiger partial charge in [-0.05, 0) is 173 Å². The van der Waals surface area contributed by atoms with Crippen LogP contribution < -0.4 is 0 Å². The van der Waals surface area contributed by atoms with Crippen molar-refractivity contribution in [3.05, 3.63) is 198 Å². The topological polar surface area (TPSA) is 4.93 Å². The lowest BCUT2D eigenvalue weighted by atomic mass is 9.73. The van der Waals surface area contributed by atoms with Crippen molar-refractivity contribution in [2.45, 2.75) is 25.7 Å². The number of fused-ring (bicyclic) bond motifs is 3. The molecule has 1 heterocycles. The van der Waals surface area contributed by atoms with Crippen LogP contribution in [0.1, 0.15) is 38.7 Å². The van der Waals surface area contributed by atoms with Crippen molar-refractivity contribution in [3.8, 4) is 50.2 Å². The summed E-state index contributed by atoms with van der Waals surface area (Å²) in [5.74, 6) is 0. The van der Waals surface area contributed by atoms with E-state index in [9.17, 15) is 5.48 Å². The van der Waals surface area contributed by atoms with Gasteiger partial charge in [-0.25, -0.2) is 0 Å². The van der Waals surface area contributed by atoms with E-state index in [0.717, 1.165) is 84.8 Å². The van der Waals surface area contributed by atoms with Crippen LogP contribution in [0.4, 0.5) is 0 Å². The molecule has 0 bridgehead atoms. The zero-order valence-electron chi connectivity index (χ0n) is 42.6. The van der Waals surface area contributed by atoms with Crippen molar-refractivity contribution in [3.63, 3.8) is 0 Å². The van der Waals surface area contributed by atoms with E-state index in [1.807, 2.05) is 12.1 Å². The van der Waals surface area contributed by atoms with Crippen molar-refractivity contribution >= 4 is 54.1 Å². The Morgan fingerprint density at radius 1 is 0.421 bits per heavy atom. The highest BCUT2D eigenvalue weighted by molar-refractivity contribution is 6.25. The Bertz CT molecular complexity index is 4110. The van der Waals surface area contributed by atoms with Crippen molar-refractivity contribution in [2.75, 3.05) is 0 Å². The lowest BCUT2D eigenvalue weighted by Crippen LogP contribution is -2.14. The molecule has 10 aromatic carbocycles. The third-order valence-electron chi connectivity index (χ3n) is 12.4. The summed E-state index contributed by atoms with van der Waals surface area (Å²) in [6.45, 7) is 0. The van der Waals surface area contributed by atoms with E-state index in [1.165, 1.54) is 33.4 Å². The first-order chi connectivity index (χ1) is 33.2. The minimum Gasteiger partial charge on any atom is -0.309 e. The second-order valence-corrected chi connectivity index (χ2v) is 15.4.